The second kappa shape index (κ2) is 10.7. The zero-order valence-corrected chi connectivity index (χ0v) is 21.5. The molecule has 1 saturated heterocycles. The van der Waals surface area contributed by atoms with Crippen LogP contribution in [-0.4, -0.2) is 103 Å². The maximum Gasteiger partial charge on any atom is 0.222 e. The Morgan fingerprint density at radius 2 is 1.78 bits per heavy atom. The van der Waals surface area contributed by atoms with Gasteiger partial charge in [-0.2, -0.15) is 0 Å². The van der Waals surface area contributed by atoms with Crippen molar-refractivity contribution in [2.75, 3.05) is 77.2 Å². The van der Waals surface area contributed by atoms with E-state index < -0.39 is 0 Å². The average Bonchev–Trinajstić information content (AvgIpc) is 3.29. The van der Waals surface area contributed by atoms with Crippen LogP contribution in [0, 0.1) is 0 Å². The number of hydrogen-bond acceptors (Lipinski definition) is 8. The van der Waals surface area contributed by atoms with Crippen LogP contribution in [0.2, 0.25) is 0 Å². The summed E-state index contributed by atoms with van der Waals surface area (Å²) in [6.45, 7) is 6.61. The maximum absolute atomic E-state index is 12.7. The molecule has 0 unspecified atom stereocenters. The second-order valence-electron chi connectivity index (χ2n) is 9.86. The summed E-state index contributed by atoms with van der Waals surface area (Å²) in [6.07, 6.45) is 4.72. The monoisotopic (exact) mass is 492 g/mol. The van der Waals surface area contributed by atoms with E-state index in [0.29, 0.717) is 26.0 Å². The number of hydrogen-bond donors (Lipinski definition) is 2. The Labute approximate surface area is 212 Å². The molecular weight excluding hydrogens is 456 g/mol. The van der Waals surface area contributed by atoms with Crippen molar-refractivity contribution in [3.8, 4) is 5.75 Å². The van der Waals surface area contributed by atoms with Crippen LogP contribution in [0.4, 0.5) is 17.2 Å². The molecule has 3 aromatic rings. The van der Waals surface area contributed by atoms with E-state index in [0.717, 1.165) is 78.8 Å². The minimum Gasteiger partial charge on any atom is -0.491 e. The number of likely N-dealkylation sites (N-methyl/N-ethyl adjacent to an activating group) is 3. The van der Waals surface area contributed by atoms with Crippen LogP contribution in [0.15, 0.2) is 30.7 Å². The molecule has 2 aliphatic rings. The molecule has 1 amide bonds. The number of fused-ring (bicyclic) bond motifs is 2. The van der Waals surface area contributed by atoms with Crippen LogP contribution < -0.4 is 15.0 Å². The third-order valence-electron chi connectivity index (χ3n) is 7.09. The Morgan fingerprint density at radius 1 is 0.972 bits per heavy atom. The fourth-order valence-corrected chi connectivity index (χ4v) is 4.81. The second-order valence-corrected chi connectivity index (χ2v) is 9.86. The molecule has 192 valence electrons. The molecule has 0 atom stereocenters. The zero-order valence-electron chi connectivity index (χ0n) is 21.5. The first-order chi connectivity index (χ1) is 17.5. The van der Waals surface area contributed by atoms with Crippen molar-refractivity contribution in [2.45, 2.75) is 19.4 Å². The molecule has 1 aromatic carbocycles. The summed E-state index contributed by atoms with van der Waals surface area (Å²) < 4.78 is 6.30. The van der Waals surface area contributed by atoms with Crippen molar-refractivity contribution in [1.29, 1.82) is 0 Å². The van der Waals surface area contributed by atoms with Gasteiger partial charge in [0, 0.05) is 77.2 Å². The quantitative estimate of drug-likeness (QED) is 0.535. The van der Waals surface area contributed by atoms with Crippen molar-refractivity contribution in [3.63, 3.8) is 0 Å². The molecule has 36 heavy (non-hydrogen) atoms. The molecule has 1 fully saturated rings. The van der Waals surface area contributed by atoms with E-state index in [9.17, 15) is 4.79 Å². The average molecular weight is 493 g/mol. The normalized spacial score (nSPS) is 19.1. The molecule has 5 rings (SSSR count). The molecule has 2 aromatic heterocycles. The van der Waals surface area contributed by atoms with Crippen molar-refractivity contribution in [2.24, 2.45) is 0 Å². The first-order valence-electron chi connectivity index (χ1n) is 12.7. The summed E-state index contributed by atoms with van der Waals surface area (Å²) in [5.41, 5.74) is 3.90. The number of benzene rings is 1. The standard InChI is InChI=1S/C26H36N8O2/c1-31-9-12-34(13-10-31)21-7-6-20-15-22(21)36-14-4-5-23(35)33(3)11-8-32(2)17-19-16-27-25-24(19)26(30-20)29-18-28-25/h6-7,15-16,18H,4-5,8-14,17H2,1-3H3,(H2,27,28,29,30). The van der Waals surface area contributed by atoms with E-state index in [1.807, 2.05) is 24.2 Å². The minimum atomic E-state index is 0.147. The van der Waals surface area contributed by atoms with E-state index in [1.165, 1.54) is 0 Å². The Bertz CT molecular complexity index is 1200. The fraction of sp³-hybridized carbons (Fsp3) is 0.500. The van der Waals surface area contributed by atoms with E-state index in [2.05, 4.69) is 61.2 Å². The third kappa shape index (κ3) is 5.39. The van der Waals surface area contributed by atoms with Crippen LogP contribution in [0.3, 0.4) is 0 Å². The van der Waals surface area contributed by atoms with Gasteiger partial charge >= 0.3 is 0 Å². The topological polar surface area (TPSA) is 92.9 Å². The number of amides is 1. The number of nitrogens with one attached hydrogen (secondary N) is 2. The molecule has 0 radical (unpaired) electrons. The lowest BCUT2D eigenvalue weighted by molar-refractivity contribution is -0.130. The van der Waals surface area contributed by atoms with E-state index in [1.54, 1.807) is 6.33 Å². The third-order valence-corrected chi connectivity index (χ3v) is 7.09. The smallest absolute Gasteiger partial charge is 0.222 e. The molecule has 0 spiro atoms. The summed E-state index contributed by atoms with van der Waals surface area (Å²) in [6, 6.07) is 6.26. The molecule has 2 bridgehead atoms. The summed E-state index contributed by atoms with van der Waals surface area (Å²) in [4.78, 5) is 33.7. The van der Waals surface area contributed by atoms with Crippen molar-refractivity contribution >= 4 is 34.1 Å². The molecular formula is C26H36N8O2. The first-order valence-corrected chi connectivity index (χ1v) is 12.7. The van der Waals surface area contributed by atoms with Crippen LogP contribution in [0.1, 0.15) is 18.4 Å². The highest BCUT2D eigenvalue weighted by atomic mass is 16.5. The summed E-state index contributed by atoms with van der Waals surface area (Å²) in [5, 5.41) is 4.49. The molecule has 10 heteroatoms. The highest BCUT2D eigenvalue weighted by Crippen LogP contribution is 2.35. The summed E-state index contributed by atoms with van der Waals surface area (Å²) in [7, 11) is 6.10. The van der Waals surface area contributed by atoms with Gasteiger partial charge in [0.2, 0.25) is 5.91 Å². The van der Waals surface area contributed by atoms with Gasteiger partial charge in [0.05, 0.1) is 17.7 Å². The number of aromatic amines is 1. The zero-order chi connectivity index (χ0) is 25.1. The van der Waals surface area contributed by atoms with Gasteiger partial charge in [-0.15, -0.1) is 0 Å². The minimum absolute atomic E-state index is 0.147. The largest absolute Gasteiger partial charge is 0.491 e. The number of carbonyl (C=O) groups excluding carboxylic acids is 1. The van der Waals surface area contributed by atoms with Gasteiger partial charge in [-0.3, -0.25) is 4.79 Å². The molecule has 0 saturated carbocycles. The van der Waals surface area contributed by atoms with Gasteiger partial charge in [-0.1, -0.05) is 0 Å². The van der Waals surface area contributed by atoms with Crippen molar-refractivity contribution < 1.29 is 9.53 Å². The van der Waals surface area contributed by atoms with Crippen LogP contribution in [0.5, 0.6) is 5.75 Å². The van der Waals surface area contributed by atoms with Gasteiger partial charge in [0.25, 0.3) is 0 Å². The lowest BCUT2D eigenvalue weighted by atomic mass is 10.2. The van der Waals surface area contributed by atoms with Crippen molar-refractivity contribution in [3.05, 3.63) is 36.3 Å². The van der Waals surface area contributed by atoms with E-state index in [4.69, 9.17) is 4.74 Å². The lowest BCUT2D eigenvalue weighted by Crippen LogP contribution is -2.44. The lowest BCUT2D eigenvalue weighted by Gasteiger charge is -2.35. The SMILES string of the molecule is CN1CCN(c2ccc3cc2OCCCC(=O)N(C)CCN(C)Cc2c[nH]c4ncnc(c24)N3)CC1. The van der Waals surface area contributed by atoms with E-state index >= 15 is 0 Å². The van der Waals surface area contributed by atoms with Crippen LogP contribution in [0.25, 0.3) is 11.0 Å². The Balaban J connectivity index is 1.49. The number of nitrogens with zero attached hydrogens (tertiary/aromatic N) is 6. The molecule has 0 aliphatic carbocycles. The van der Waals surface area contributed by atoms with Gasteiger partial charge in [0.1, 0.15) is 23.5 Å². The number of aromatic nitrogens is 3. The fourth-order valence-electron chi connectivity index (χ4n) is 4.81. The highest BCUT2D eigenvalue weighted by molar-refractivity contribution is 5.92. The van der Waals surface area contributed by atoms with Gasteiger partial charge in [0.15, 0.2) is 0 Å². The number of rotatable bonds is 1. The van der Waals surface area contributed by atoms with Crippen LogP contribution in [-0.2, 0) is 11.3 Å². The number of piperazine rings is 1. The Morgan fingerprint density at radius 3 is 2.61 bits per heavy atom. The number of anilines is 3. The molecule has 2 aliphatic heterocycles. The summed E-state index contributed by atoms with van der Waals surface area (Å²) >= 11 is 0. The number of ether oxygens (including phenoxy) is 1. The molecule has 4 heterocycles. The van der Waals surface area contributed by atoms with Gasteiger partial charge < -0.3 is 34.6 Å². The number of H-pyrrole nitrogens is 1. The molecule has 2 N–H and O–H groups in total. The van der Waals surface area contributed by atoms with Crippen LogP contribution >= 0.6 is 0 Å². The summed E-state index contributed by atoms with van der Waals surface area (Å²) in [5.74, 6) is 1.74. The Kier molecular flexibility index (Phi) is 7.24. The highest BCUT2D eigenvalue weighted by Gasteiger charge is 2.20. The van der Waals surface area contributed by atoms with Crippen molar-refractivity contribution in [1.82, 2.24) is 29.7 Å². The number of carbonyl (C=O) groups is 1. The Hall–Kier alpha value is -3.37. The first kappa shape index (κ1) is 24.3. The van der Waals surface area contributed by atoms with Gasteiger partial charge in [-0.25, -0.2) is 9.97 Å². The van der Waals surface area contributed by atoms with Gasteiger partial charge in [-0.05, 0) is 38.2 Å². The predicted octanol–water partition coefficient (Wildman–Crippen LogP) is 2.52. The molecule has 10 nitrogen and oxygen atoms in total. The maximum atomic E-state index is 12.7. The predicted molar refractivity (Wildman–Crippen MR) is 142 cm³/mol. The van der Waals surface area contributed by atoms with E-state index in [-0.39, 0.29) is 5.91 Å².